The van der Waals surface area contributed by atoms with Crippen LogP contribution >= 0.6 is 24.8 Å². The molecule has 0 aliphatic carbocycles. The number of aromatic amines is 1. The first kappa shape index (κ1) is 20.7. The van der Waals surface area contributed by atoms with Gasteiger partial charge >= 0.3 is 6.18 Å². The van der Waals surface area contributed by atoms with Gasteiger partial charge in [-0.15, -0.1) is 24.8 Å². The summed E-state index contributed by atoms with van der Waals surface area (Å²) in [5.74, 6) is -0.221. The Balaban J connectivity index is 0.00000144. The molecule has 1 aromatic heterocycles. The predicted molar refractivity (Wildman–Crippen MR) is 88.3 cm³/mol. The lowest BCUT2D eigenvalue weighted by Gasteiger charge is -2.20. The van der Waals surface area contributed by atoms with Gasteiger partial charge in [0.2, 0.25) is 0 Å². The molecule has 24 heavy (non-hydrogen) atoms. The molecule has 0 atom stereocenters. The Labute approximate surface area is 149 Å². The molecule has 1 aliphatic heterocycles. The first-order chi connectivity index (χ1) is 10.4. The molecule has 134 valence electrons. The van der Waals surface area contributed by atoms with Crippen LogP contribution in [-0.2, 0) is 6.18 Å². The maximum absolute atomic E-state index is 13.3. The second kappa shape index (κ2) is 8.18. The van der Waals surface area contributed by atoms with Crippen molar-refractivity contribution in [3.05, 3.63) is 41.6 Å². The average molecular weight is 386 g/mol. The van der Waals surface area contributed by atoms with E-state index in [0.717, 1.165) is 43.9 Å². The minimum absolute atomic E-state index is 0. The predicted octanol–water partition coefficient (Wildman–Crippen LogP) is 4.55. The van der Waals surface area contributed by atoms with Crippen molar-refractivity contribution in [3.8, 4) is 11.3 Å². The summed E-state index contributed by atoms with van der Waals surface area (Å²) < 4.78 is 51.6. The standard InChI is InChI=1S/C15H15F4N3.2ClH/c16-12-2-1-10(7-11(12)15(17,18)19)13-8-21-14(22-13)9-3-5-20-6-4-9;;/h1-2,7-9,20H,3-6H2,(H,21,22);2*1H. The third-order valence-electron chi connectivity index (χ3n) is 3.90. The molecule has 0 spiro atoms. The van der Waals surface area contributed by atoms with Gasteiger partial charge in [0, 0.05) is 11.5 Å². The molecule has 9 heteroatoms. The Morgan fingerprint density at radius 2 is 1.75 bits per heavy atom. The maximum Gasteiger partial charge on any atom is 0.419 e. The summed E-state index contributed by atoms with van der Waals surface area (Å²) in [6, 6.07) is 2.97. The zero-order chi connectivity index (χ0) is 15.7. The van der Waals surface area contributed by atoms with E-state index in [9.17, 15) is 17.6 Å². The highest BCUT2D eigenvalue weighted by atomic mass is 35.5. The zero-order valence-electron chi connectivity index (χ0n) is 12.5. The number of imidazole rings is 1. The van der Waals surface area contributed by atoms with Crippen molar-refractivity contribution in [2.75, 3.05) is 13.1 Å². The molecule has 2 heterocycles. The van der Waals surface area contributed by atoms with E-state index < -0.39 is 17.6 Å². The van der Waals surface area contributed by atoms with Crippen molar-refractivity contribution in [1.29, 1.82) is 0 Å². The second-order valence-corrected chi connectivity index (χ2v) is 5.40. The number of rotatable bonds is 2. The largest absolute Gasteiger partial charge is 0.419 e. The topological polar surface area (TPSA) is 40.7 Å². The summed E-state index contributed by atoms with van der Waals surface area (Å²) >= 11 is 0. The molecular weight excluding hydrogens is 369 g/mol. The number of H-pyrrole nitrogens is 1. The Morgan fingerprint density at radius 3 is 2.38 bits per heavy atom. The summed E-state index contributed by atoms with van der Waals surface area (Å²) in [7, 11) is 0. The van der Waals surface area contributed by atoms with Crippen molar-refractivity contribution in [2.45, 2.75) is 24.9 Å². The average Bonchev–Trinajstić information content (AvgIpc) is 2.97. The third-order valence-corrected chi connectivity index (χ3v) is 3.90. The second-order valence-electron chi connectivity index (χ2n) is 5.40. The Morgan fingerprint density at radius 1 is 1.08 bits per heavy atom. The van der Waals surface area contributed by atoms with Gasteiger partial charge in [0.1, 0.15) is 11.6 Å². The number of aromatic nitrogens is 2. The Kier molecular flexibility index (Phi) is 7.07. The normalized spacial score (nSPS) is 15.5. The van der Waals surface area contributed by atoms with Crippen molar-refractivity contribution in [2.24, 2.45) is 0 Å². The number of nitrogens with zero attached hydrogens (tertiary/aromatic N) is 1. The van der Waals surface area contributed by atoms with Crippen LogP contribution in [0.5, 0.6) is 0 Å². The Bertz CT molecular complexity index is 667. The smallest absolute Gasteiger partial charge is 0.342 e. The summed E-state index contributed by atoms with van der Waals surface area (Å²) in [4.78, 5) is 7.34. The molecule has 0 saturated carbocycles. The van der Waals surface area contributed by atoms with Gasteiger partial charge in [-0.1, -0.05) is 0 Å². The van der Waals surface area contributed by atoms with E-state index in [-0.39, 0.29) is 36.3 Å². The van der Waals surface area contributed by atoms with Gasteiger partial charge in [-0.3, -0.25) is 0 Å². The van der Waals surface area contributed by atoms with Gasteiger partial charge in [0.05, 0.1) is 17.5 Å². The van der Waals surface area contributed by atoms with Gasteiger partial charge in [-0.05, 0) is 44.1 Å². The van der Waals surface area contributed by atoms with E-state index in [1.807, 2.05) is 0 Å². The maximum atomic E-state index is 13.3. The van der Waals surface area contributed by atoms with Crippen LogP contribution in [0.1, 0.15) is 30.1 Å². The number of hydrogen-bond donors (Lipinski definition) is 2. The molecule has 0 bridgehead atoms. The molecule has 1 aliphatic rings. The lowest BCUT2D eigenvalue weighted by Crippen LogP contribution is -2.27. The van der Waals surface area contributed by atoms with Crippen LogP contribution in [0.3, 0.4) is 0 Å². The highest BCUT2D eigenvalue weighted by molar-refractivity contribution is 5.85. The summed E-state index contributed by atoms with van der Waals surface area (Å²) in [5.41, 5.74) is -0.511. The van der Waals surface area contributed by atoms with Crippen molar-refractivity contribution in [1.82, 2.24) is 15.3 Å². The van der Waals surface area contributed by atoms with E-state index in [0.29, 0.717) is 5.69 Å². The Hall–Kier alpha value is -1.31. The SMILES string of the molecule is Cl.Cl.Fc1ccc(-c2cnc(C3CCNCC3)[nH]2)cc1C(F)(F)F. The molecule has 0 amide bonds. The fourth-order valence-corrected chi connectivity index (χ4v) is 2.70. The minimum Gasteiger partial charge on any atom is -0.342 e. The third kappa shape index (κ3) is 4.40. The van der Waals surface area contributed by atoms with Gasteiger partial charge in [0.15, 0.2) is 0 Å². The van der Waals surface area contributed by atoms with E-state index in [1.54, 1.807) is 0 Å². The van der Waals surface area contributed by atoms with Crippen molar-refractivity contribution >= 4 is 24.8 Å². The lowest BCUT2D eigenvalue weighted by molar-refractivity contribution is -0.139. The highest BCUT2D eigenvalue weighted by Gasteiger charge is 2.34. The molecule has 2 aromatic rings. The molecular formula is C15H17Cl2F4N3. The van der Waals surface area contributed by atoms with Gasteiger partial charge in [-0.2, -0.15) is 13.2 Å². The van der Waals surface area contributed by atoms with E-state index in [1.165, 1.54) is 12.3 Å². The first-order valence-corrected chi connectivity index (χ1v) is 7.08. The van der Waals surface area contributed by atoms with E-state index in [2.05, 4.69) is 15.3 Å². The number of hydrogen-bond acceptors (Lipinski definition) is 2. The summed E-state index contributed by atoms with van der Waals surface area (Å²) in [5, 5.41) is 3.24. The number of piperidine rings is 1. The summed E-state index contributed by atoms with van der Waals surface area (Å²) in [6.45, 7) is 1.80. The van der Waals surface area contributed by atoms with Crippen LogP contribution in [0.4, 0.5) is 17.6 Å². The summed E-state index contributed by atoms with van der Waals surface area (Å²) in [6.07, 6.45) is -1.34. The van der Waals surface area contributed by atoms with E-state index in [4.69, 9.17) is 0 Å². The van der Waals surface area contributed by atoms with Crippen LogP contribution in [0, 0.1) is 5.82 Å². The van der Waals surface area contributed by atoms with Gasteiger partial charge in [0.25, 0.3) is 0 Å². The van der Waals surface area contributed by atoms with E-state index >= 15 is 0 Å². The minimum atomic E-state index is -4.71. The lowest BCUT2D eigenvalue weighted by atomic mass is 9.98. The number of halogens is 6. The van der Waals surface area contributed by atoms with Crippen LogP contribution in [-0.4, -0.2) is 23.1 Å². The molecule has 0 radical (unpaired) electrons. The fraction of sp³-hybridized carbons (Fsp3) is 0.400. The van der Waals surface area contributed by atoms with Crippen LogP contribution in [0.2, 0.25) is 0 Å². The fourth-order valence-electron chi connectivity index (χ4n) is 2.70. The van der Waals surface area contributed by atoms with Gasteiger partial charge in [-0.25, -0.2) is 9.37 Å². The molecule has 2 N–H and O–H groups in total. The molecule has 1 saturated heterocycles. The monoisotopic (exact) mass is 385 g/mol. The first-order valence-electron chi connectivity index (χ1n) is 7.08. The van der Waals surface area contributed by atoms with Crippen LogP contribution in [0.15, 0.2) is 24.4 Å². The molecule has 0 unspecified atom stereocenters. The molecule has 1 fully saturated rings. The van der Waals surface area contributed by atoms with Crippen molar-refractivity contribution < 1.29 is 17.6 Å². The molecule has 3 rings (SSSR count). The molecule has 1 aromatic carbocycles. The quantitative estimate of drug-likeness (QED) is 0.744. The zero-order valence-corrected chi connectivity index (χ0v) is 14.1. The molecule has 3 nitrogen and oxygen atoms in total. The number of benzene rings is 1. The number of nitrogens with one attached hydrogen (secondary N) is 2. The van der Waals surface area contributed by atoms with Crippen LogP contribution < -0.4 is 5.32 Å². The van der Waals surface area contributed by atoms with Crippen molar-refractivity contribution in [3.63, 3.8) is 0 Å². The highest BCUT2D eigenvalue weighted by Crippen LogP contribution is 2.34. The number of alkyl halides is 3. The van der Waals surface area contributed by atoms with Crippen LogP contribution in [0.25, 0.3) is 11.3 Å². The van der Waals surface area contributed by atoms with Gasteiger partial charge < -0.3 is 10.3 Å².